The van der Waals surface area contributed by atoms with E-state index in [0.717, 1.165) is 12.8 Å². The monoisotopic (exact) mass is 256 g/mol. The van der Waals surface area contributed by atoms with Gasteiger partial charge in [-0.25, -0.2) is 5.84 Å². The number of hydrogen-bond acceptors (Lipinski definition) is 6. The maximum atomic E-state index is 5.95. The van der Waals surface area contributed by atoms with Crippen LogP contribution in [0.5, 0.6) is 11.5 Å². The van der Waals surface area contributed by atoms with Crippen LogP contribution in [0.2, 0.25) is 5.15 Å². The predicted octanol–water partition coefficient (Wildman–Crippen LogP) is 1.36. The van der Waals surface area contributed by atoms with Crippen molar-refractivity contribution in [1.82, 2.24) is 10.2 Å². The first kappa shape index (κ1) is 10.9. The van der Waals surface area contributed by atoms with E-state index < -0.39 is 0 Å². The predicted molar refractivity (Wildman–Crippen MR) is 62.1 cm³/mol. The molecule has 2 heterocycles. The van der Waals surface area contributed by atoms with Crippen LogP contribution in [0.3, 0.4) is 0 Å². The van der Waals surface area contributed by atoms with Gasteiger partial charge in [-0.15, -0.1) is 10.2 Å². The maximum absolute atomic E-state index is 5.95. The number of hydrogen-bond donors (Lipinski definition) is 2. The Morgan fingerprint density at radius 2 is 1.88 bits per heavy atom. The zero-order chi connectivity index (χ0) is 11.9. The van der Waals surface area contributed by atoms with E-state index in [2.05, 4.69) is 15.6 Å². The van der Waals surface area contributed by atoms with Crippen LogP contribution in [0, 0.1) is 5.41 Å². The van der Waals surface area contributed by atoms with E-state index in [9.17, 15) is 0 Å². The fourth-order valence-electron chi connectivity index (χ4n) is 2.20. The SMILES string of the molecule is NNc1nnc(Cl)c2c1OCC1(CCC1)CO2. The summed E-state index contributed by atoms with van der Waals surface area (Å²) < 4.78 is 11.5. The molecule has 92 valence electrons. The third kappa shape index (κ3) is 1.68. The lowest BCUT2D eigenvalue weighted by Crippen LogP contribution is -2.39. The smallest absolute Gasteiger partial charge is 0.210 e. The second-order valence-electron chi connectivity index (χ2n) is 4.57. The van der Waals surface area contributed by atoms with Crippen LogP contribution in [0.25, 0.3) is 0 Å². The lowest BCUT2D eigenvalue weighted by molar-refractivity contribution is 0.0269. The minimum atomic E-state index is 0.119. The molecule has 0 amide bonds. The third-order valence-corrected chi connectivity index (χ3v) is 3.69. The van der Waals surface area contributed by atoms with E-state index in [1.807, 2.05) is 0 Å². The second kappa shape index (κ2) is 3.89. The summed E-state index contributed by atoms with van der Waals surface area (Å²) in [5.74, 6) is 6.59. The fourth-order valence-corrected chi connectivity index (χ4v) is 2.38. The highest BCUT2D eigenvalue weighted by molar-refractivity contribution is 6.31. The molecule has 1 aliphatic heterocycles. The van der Waals surface area contributed by atoms with E-state index in [0.29, 0.717) is 30.5 Å². The number of nitrogen functional groups attached to an aromatic ring is 1. The Hall–Kier alpha value is -1.27. The van der Waals surface area contributed by atoms with Crippen molar-refractivity contribution in [2.75, 3.05) is 18.6 Å². The molecule has 7 heteroatoms. The van der Waals surface area contributed by atoms with Crippen molar-refractivity contribution in [1.29, 1.82) is 0 Å². The number of aromatic nitrogens is 2. The van der Waals surface area contributed by atoms with Crippen molar-refractivity contribution in [2.24, 2.45) is 11.3 Å². The lowest BCUT2D eigenvalue weighted by Gasteiger charge is -2.39. The summed E-state index contributed by atoms with van der Waals surface area (Å²) in [4.78, 5) is 0. The van der Waals surface area contributed by atoms with Crippen molar-refractivity contribution >= 4 is 17.4 Å². The van der Waals surface area contributed by atoms with Crippen LogP contribution in [0.4, 0.5) is 5.82 Å². The van der Waals surface area contributed by atoms with Crippen molar-refractivity contribution in [3.63, 3.8) is 0 Å². The van der Waals surface area contributed by atoms with Crippen LogP contribution in [-0.2, 0) is 0 Å². The Labute approximate surface area is 103 Å². The molecule has 1 spiro atoms. The Morgan fingerprint density at radius 1 is 1.18 bits per heavy atom. The van der Waals surface area contributed by atoms with E-state index in [1.54, 1.807) is 0 Å². The van der Waals surface area contributed by atoms with E-state index >= 15 is 0 Å². The van der Waals surface area contributed by atoms with Gasteiger partial charge in [0.25, 0.3) is 0 Å². The normalized spacial score (nSPS) is 20.6. The van der Waals surface area contributed by atoms with Crippen LogP contribution < -0.4 is 20.7 Å². The summed E-state index contributed by atoms with van der Waals surface area (Å²) >= 11 is 5.95. The molecule has 6 nitrogen and oxygen atoms in total. The number of rotatable bonds is 1. The molecule has 2 aliphatic rings. The highest BCUT2D eigenvalue weighted by atomic mass is 35.5. The molecule has 0 saturated heterocycles. The standard InChI is InChI=1S/C10H13ClN4O2/c11-8-6-7(9(13-12)15-14-8)17-5-10(4-16-6)2-1-3-10/h1-5,12H2,(H,13,15). The van der Waals surface area contributed by atoms with E-state index in [-0.39, 0.29) is 10.6 Å². The van der Waals surface area contributed by atoms with Gasteiger partial charge in [-0.05, 0) is 12.8 Å². The Balaban J connectivity index is 1.96. The molecule has 0 aromatic carbocycles. The molecule has 0 unspecified atom stereocenters. The molecule has 1 aromatic rings. The summed E-state index contributed by atoms with van der Waals surface area (Å²) in [6.45, 7) is 1.21. The fraction of sp³-hybridized carbons (Fsp3) is 0.600. The molecule has 0 bridgehead atoms. The van der Waals surface area contributed by atoms with Gasteiger partial charge in [0, 0.05) is 5.41 Å². The van der Waals surface area contributed by atoms with Crippen LogP contribution in [0.1, 0.15) is 19.3 Å². The number of fused-ring (bicyclic) bond motifs is 1. The van der Waals surface area contributed by atoms with Crippen LogP contribution >= 0.6 is 11.6 Å². The molecular formula is C10H13ClN4O2. The van der Waals surface area contributed by atoms with Gasteiger partial charge in [0.2, 0.25) is 17.3 Å². The minimum Gasteiger partial charge on any atom is -0.486 e. The first-order valence-corrected chi connectivity index (χ1v) is 5.90. The number of halogens is 1. The number of anilines is 1. The number of nitrogens with zero attached hydrogens (tertiary/aromatic N) is 2. The summed E-state index contributed by atoms with van der Waals surface area (Å²) in [5, 5.41) is 7.79. The average Bonchev–Trinajstić information content (AvgIpc) is 2.50. The van der Waals surface area contributed by atoms with Crippen molar-refractivity contribution in [3.8, 4) is 11.5 Å². The maximum Gasteiger partial charge on any atom is 0.210 e. The first-order chi connectivity index (χ1) is 8.24. The average molecular weight is 257 g/mol. The highest BCUT2D eigenvalue weighted by Gasteiger charge is 2.41. The van der Waals surface area contributed by atoms with Crippen molar-refractivity contribution in [2.45, 2.75) is 19.3 Å². The van der Waals surface area contributed by atoms with Crippen molar-refractivity contribution in [3.05, 3.63) is 5.15 Å². The molecule has 3 N–H and O–H groups in total. The lowest BCUT2D eigenvalue weighted by atomic mass is 9.70. The van der Waals surface area contributed by atoms with Gasteiger partial charge in [-0.3, -0.25) is 0 Å². The Morgan fingerprint density at radius 3 is 2.47 bits per heavy atom. The molecule has 3 rings (SSSR count). The third-order valence-electron chi connectivity index (χ3n) is 3.44. The zero-order valence-electron chi connectivity index (χ0n) is 9.20. The number of hydrazine groups is 1. The molecule has 0 radical (unpaired) electrons. The van der Waals surface area contributed by atoms with Gasteiger partial charge >= 0.3 is 0 Å². The Kier molecular flexibility index (Phi) is 2.48. The van der Waals surface area contributed by atoms with E-state index in [1.165, 1.54) is 6.42 Å². The van der Waals surface area contributed by atoms with Gasteiger partial charge in [0.15, 0.2) is 5.15 Å². The van der Waals surface area contributed by atoms with Crippen molar-refractivity contribution < 1.29 is 9.47 Å². The molecule has 1 aromatic heterocycles. The van der Waals surface area contributed by atoms with Gasteiger partial charge in [-0.1, -0.05) is 18.0 Å². The number of ether oxygens (including phenoxy) is 2. The minimum absolute atomic E-state index is 0.119. The molecule has 1 saturated carbocycles. The number of nitrogens with one attached hydrogen (secondary N) is 1. The van der Waals surface area contributed by atoms with Gasteiger partial charge in [0.05, 0.1) is 13.2 Å². The van der Waals surface area contributed by atoms with Crippen LogP contribution in [0.15, 0.2) is 0 Å². The highest BCUT2D eigenvalue weighted by Crippen LogP contribution is 2.47. The zero-order valence-corrected chi connectivity index (χ0v) is 9.96. The van der Waals surface area contributed by atoms with Gasteiger partial charge < -0.3 is 14.9 Å². The second-order valence-corrected chi connectivity index (χ2v) is 4.93. The molecule has 1 fully saturated rings. The molecular weight excluding hydrogens is 244 g/mol. The quantitative estimate of drug-likeness (QED) is 0.583. The summed E-state index contributed by atoms with van der Waals surface area (Å²) in [5.41, 5.74) is 2.56. The first-order valence-electron chi connectivity index (χ1n) is 5.52. The number of nitrogens with two attached hydrogens (primary N) is 1. The van der Waals surface area contributed by atoms with Gasteiger partial charge in [-0.2, -0.15) is 0 Å². The topological polar surface area (TPSA) is 82.3 Å². The van der Waals surface area contributed by atoms with E-state index in [4.69, 9.17) is 26.9 Å². The van der Waals surface area contributed by atoms with Gasteiger partial charge in [0.1, 0.15) is 0 Å². The Bertz CT molecular complexity index is 450. The largest absolute Gasteiger partial charge is 0.486 e. The molecule has 1 aliphatic carbocycles. The van der Waals surface area contributed by atoms with Crippen LogP contribution in [-0.4, -0.2) is 23.4 Å². The molecule has 0 atom stereocenters. The summed E-state index contributed by atoms with van der Waals surface area (Å²) in [6, 6.07) is 0. The molecule has 17 heavy (non-hydrogen) atoms. The summed E-state index contributed by atoms with van der Waals surface area (Å²) in [6.07, 6.45) is 3.45. The summed E-state index contributed by atoms with van der Waals surface area (Å²) in [7, 11) is 0.